The van der Waals surface area contributed by atoms with E-state index >= 15 is 0 Å². The first-order valence-electron chi connectivity index (χ1n) is 29.2. The Morgan fingerprint density at radius 3 is 1.81 bits per heavy atom. The van der Waals surface area contributed by atoms with Crippen molar-refractivity contribution in [2.45, 2.75) is 39.9 Å². The van der Waals surface area contributed by atoms with Crippen LogP contribution in [0.2, 0.25) is 0 Å². The molecular weight excluding hydrogens is 1150 g/mol. The second kappa shape index (κ2) is 18.5. The third-order valence-corrected chi connectivity index (χ3v) is 15.5. The predicted molar refractivity (Wildman–Crippen MR) is 318 cm³/mol. The van der Waals surface area contributed by atoms with E-state index in [0.717, 1.165) is 105 Å². The SMILES string of the molecule is [2H]C([2H])([2H])c1cccc(C([2H])([2H])[2H])c1-c1cccc2c1-[n+]1[c-]n(-c3[c-]c(Oc4[c-]c5c(cc4)c4ccccc4n5-c4cc(C(C)(C)C)ccn4)ccc3)c3cccc(c31)-c1ccccc1-c1ccc(-n3c4ccccc4c4ccccc43)cc1-2.[Pt]. The van der Waals surface area contributed by atoms with Crippen LogP contribution in [0.1, 0.15) is 45.7 Å². The van der Waals surface area contributed by atoms with Gasteiger partial charge in [-0.3, -0.25) is 4.57 Å². The smallest absolute Gasteiger partial charge is 0.268 e. The van der Waals surface area contributed by atoms with Crippen LogP contribution in [0.4, 0.5) is 0 Å². The van der Waals surface area contributed by atoms with Gasteiger partial charge in [0.2, 0.25) is 0 Å². The number of rotatable bonds is 6. The molecule has 0 N–H and O–H groups in total. The van der Waals surface area contributed by atoms with Gasteiger partial charge < -0.3 is 18.4 Å². The second-order valence-corrected chi connectivity index (χ2v) is 21.1. The third kappa shape index (κ3) is 7.64. The topological polar surface area (TPSA) is 40.8 Å². The summed E-state index contributed by atoms with van der Waals surface area (Å²) in [7, 11) is 0. The van der Waals surface area contributed by atoms with Gasteiger partial charge >= 0.3 is 0 Å². The molecule has 0 bridgehead atoms. The molecule has 382 valence electrons. The number of nitrogens with zero attached hydrogens (tertiary/aromatic N) is 5. The molecule has 1 aliphatic rings. The van der Waals surface area contributed by atoms with Crippen molar-refractivity contribution in [1.29, 1.82) is 0 Å². The molecule has 14 aromatic rings. The summed E-state index contributed by atoms with van der Waals surface area (Å²) in [5.41, 5.74) is 14.3. The van der Waals surface area contributed by atoms with Crippen molar-refractivity contribution in [3.8, 4) is 78.9 Å². The van der Waals surface area contributed by atoms with Crippen LogP contribution >= 0.6 is 0 Å². The predicted octanol–water partition coefficient (Wildman–Crippen LogP) is 17.6. The van der Waals surface area contributed by atoms with Crippen molar-refractivity contribution in [1.82, 2.24) is 18.7 Å². The standard InChI is InChI=1S/C72H51N5O.Pt/c1-45-18-14-19-46(2)69(45)61-29-16-27-60-62-42-49(76-63-30-11-8-24-55(63)56-25-9-12-31-64(56)76)34-36-54(62)52-22-6-7-23-53(52)59-28-17-33-66-71(59)75(70(60)61)44-74(66)48-20-15-21-50(41-48)78-51-35-37-58-57-26-10-13-32-65(57)77(67(58)43-51)68-40-47(38-39-73-68)72(3,4)5;/h6-40,42H,1-5H3;/q-2;/i1D3,2D3;. The van der Waals surface area contributed by atoms with E-state index < -0.39 is 13.7 Å². The summed E-state index contributed by atoms with van der Waals surface area (Å²) in [6, 6.07) is 77.7. The van der Waals surface area contributed by atoms with E-state index in [2.05, 4.69) is 170 Å². The molecule has 0 unspecified atom stereocenters. The maximum atomic E-state index is 8.96. The molecule has 5 heterocycles. The van der Waals surface area contributed by atoms with Crippen LogP contribution in [0.3, 0.4) is 0 Å². The van der Waals surface area contributed by atoms with E-state index in [9.17, 15) is 0 Å². The Morgan fingerprint density at radius 1 is 0.494 bits per heavy atom. The van der Waals surface area contributed by atoms with Crippen molar-refractivity contribution in [3.63, 3.8) is 0 Å². The van der Waals surface area contributed by atoms with Gasteiger partial charge in [0, 0.05) is 69.0 Å². The molecule has 0 fully saturated rings. The van der Waals surface area contributed by atoms with Gasteiger partial charge in [0.15, 0.2) is 0 Å². The Bertz CT molecular complexity index is 4960. The Hall–Kier alpha value is -9.09. The van der Waals surface area contributed by atoms with E-state index in [4.69, 9.17) is 17.9 Å². The number of aryl methyl sites for hydroxylation is 2. The molecule has 0 spiro atoms. The van der Waals surface area contributed by atoms with E-state index in [1.165, 1.54) is 18.2 Å². The Balaban J connectivity index is 0.00000640. The Kier molecular flexibility index (Phi) is 9.86. The van der Waals surface area contributed by atoms with Gasteiger partial charge in [-0.1, -0.05) is 166 Å². The van der Waals surface area contributed by atoms with Crippen molar-refractivity contribution >= 4 is 54.6 Å². The number of imidazole rings is 1. The monoisotopic (exact) mass is 1200 g/mol. The number of para-hydroxylation sites is 5. The van der Waals surface area contributed by atoms with E-state index in [1.807, 2.05) is 88.1 Å². The summed E-state index contributed by atoms with van der Waals surface area (Å²) in [6.45, 7) is 1.21. The van der Waals surface area contributed by atoms with E-state index in [-0.39, 0.29) is 43.2 Å². The van der Waals surface area contributed by atoms with Crippen LogP contribution < -0.4 is 9.30 Å². The molecule has 15 rings (SSSR count). The summed E-state index contributed by atoms with van der Waals surface area (Å²) in [5.74, 6) is 1.71. The molecule has 0 atom stereocenters. The number of hydrogen-bond donors (Lipinski definition) is 0. The fourth-order valence-electron chi connectivity index (χ4n) is 12.0. The van der Waals surface area contributed by atoms with Gasteiger partial charge in [-0.15, -0.1) is 29.7 Å². The molecule has 10 aromatic carbocycles. The first kappa shape index (κ1) is 42.0. The molecule has 0 aliphatic carbocycles. The average Bonchev–Trinajstić information content (AvgIpc) is 2.49. The zero-order valence-corrected chi connectivity index (χ0v) is 45.5. The zero-order valence-electron chi connectivity index (χ0n) is 49.2. The normalized spacial score (nSPS) is 13.5. The molecular formula is C72H51N5OPt-2. The van der Waals surface area contributed by atoms with Crippen LogP contribution in [0.25, 0.3) is 122 Å². The fraction of sp³-hybridized carbons (Fsp3) is 0.0833. The van der Waals surface area contributed by atoms with Crippen LogP contribution in [-0.2, 0) is 26.5 Å². The molecule has 6 nitrogen and oxygen atoms in total. The second-order valence-electron chi connectivity index (χ2n) is 21.1. The summed E-state index contributed by atoms with van der Waals surface area (Å²) in [6.07, 6.45) is 5.66. The van der Waals surface area contributed by atoms with Gasteiger partial charge in [-0.25, -0.2) is 4.98 Å². The van der Waals surface area contributed by atoms with Crippen LogP contribution in [0.15, 0.2) is 219 Å². The summed E-state index contributed by atoms with van der Waals surface area (Å²) in [5, 5.41) is 4.33. The average molecular weight is 1200 g/mol. The van der Waals surface area contributed by atoms with Gasteiger partial charge in [0.25, 0.3) is 6.33 Å². The van der Waals surface area contributed by atoms with E-state index in [1.54, 1.807) is 0 Å². The van der Waals surface area contributed by atoms with E-state index in [0.29, 0.717) is 28.4 Å². The molecule has 0 radical (unpaired) electrons. The maximum absolute atomic E-state index is 8.96. The molecule has 7 heteroatoms. The molecule has 0 saturated carbocycles. The van der Waals surface area contributed by atoms with Crippen LogP contribution in [0.5, 0.6) is 11.5 Å². The van der Waals surface area contributed by atoms with Gasteiger partial charge in [0.05, 0.1) is 27.8 Å². The number of fused-ring (bicyclic) bond motifs is 13. The van der Waals surface area contributed by atoms with Gasteiger partial charge in [-0.2, -0.15) is 18.2 Å². The first-order chi connectivity index (χ1) is 40.6. The third-order valence-electron chi connectivity index (χ3n) is 15.5. The Labute approximate surface area is 481 Å². The summed E-state index contributed by atoms with van der Waals surface area (Å²) >= 11 is 0. The van der Waals surface area contributed by atoms with Gasteiger partial charge in [0.1, 0.15) is 5.82 Å². The number of ether oxygens (including phenoxy) is 1. The van der Waals surface area contributed by atoms with Crippen molar-refractivity contribution < 1.29 is 38.6 Å². The summed E-state index contributed by atoms with van der Waals surface area (Å²) < 4.78 is 68.9. The number of benzene rings is 10. The number of pyridine rings is 1. The molecule has 1 aliphatic heterocycles. The number of aromatic nitrogens is 5. The summed E-state index contributed by atoms with van der Waals surface area (Å²) in [4.78, 5) is 4.88. The van der Waals surface area contributed by atoms with Crippen LogP contribution in [-0.4, -0.2) is 18.7 Å². The quantitative estimate of drug-likeness (QED) is 0.123. The van der Waals surface area contributed by atoms with Gasteiger partial charge in [-0.05, 0) is 134 Å². The van der Waals surface area contributed by atoms with Crippen LogP contribution in [0, 0.1) is 32.2 Å². The first-order valence-corrected chi connectivity index (χ1v) is 26.2. The minimum atomic E-state index is -2.69. The Morgan fingerprint density at radius 2 is 1.08 bits per heavy atom. The minimum Gasteiger partial charge on any atom is -0.510 e. The number of hydrogen-bond acceptors (Lipinski definition) is 2. The molecule has 79 heavy (non-hydrogen) atoms. The van der Waals surface area contributed by atoms with Crippen molar-refractivity contribution in [3.05, 3.63) is 254 Å². The minimum absolute atomic E-state index is 0. The molecule has 4 aromatic heterocycles. The fourth-order valence-corrected chi connectivity index (χ4v) is 12.0. The molecule has 0 amide bonds. The molecule has 0 saturated heterocycles. The van der Waals surface area contributed by atoms with Crippen molar-refractivity contribution in [2.75, 3.05) is 0 Å². The largest absolute Gasteiger partial charge is 0.510 e. The van der Waals surface area contributed by atoms with Crippen molar-refractivity contribution in [2.24, 2.45) is 0 Å². The zero-order chi connectivity index (χ0) is 57.4. The maximum Gasteiger partial charge on any atom is 0.268 e.